The lowest BCUT2D eigenvalue weighted by atomic mass is 9.90. The Morgan fingerprint density at radius 2 is 1.78 bits per heavy atom. The number of nitrogens with one attached hydrogen (secondary N) is 2. The Morgan fingerprint density at radius 1 is 1.14 bits per heavy atom. The van der Waals surface area contributed by atoms with Gasteiger partial charge in [-0.15, -0.1) is 0 Å². The van der Waals surface area contributed by atoms with E-state index in [-0.39, 0.29) is 24.0 Å². The van der Waals surface area contributed by atoms with Crippen LogP contribution < -0.4 is 29.9 Å². The number of amides is 3. The van der Waals surface area contributed by atoms with Crippen molar-refractivity contribution in [2.75, 3.05) is 36.4 Å². The molecule has 1 aromatic carbocycles. The molecule has 4 rings (SSSR count). The zero-order valence-corrected chi connectivity index (χ0v) is 21.6. The van der Waals surface area contributed by atoms with E-state index in [1.165, 1.54) is 11.0 Å². The number of hydrogen-bond donors (Lipinski definition) is 2. The van der Waals surface area contributed by atoms with Gasteiger partial charge in [0.05, 0.1) is 26.5 Å². The molecule has 2 aliphatic rings. The number of carbonyl (C=O) groups excluding carboxylic acids is 2. The van der Waals surface area contributed by atoms with Gasteiger partial charge in [-0.2, -0.15) is 4.98 Å². The third-order valence-electron chi connectivity index (χ3n) is 7.02. The molecular weight excluding hydrogens is 460 g/mol. The Bertz CT molecular complexity index is 1160. The molecule has 1 fully saturated rings. The average molecular weight is 495 g/mol. The third-order valence-corrected chi connectivity index (χ3v) is 7.02. The number of carbonyl (C=O) groups is 2. The van der Waals surface area contributed by atoms with Gasteiger partial charge in [-0.25, -0.2) is 9.78 Å². The third kappa shape index (κ3) is 4.67. The minimum Gasteiger partial charge on any atom is -0.496 e. The number of methoxy groups -OCH3 is 2. The molecule has 2 heterocycles. The molecule has 10 heteroatoms. The lowest BCUT2D eigenvalue weighted by Gasteiger charge is -2.36. The predicted octanol–water partition coefficient (Wildman–Crippen LogP) is 3.71. The van der Waals surface area contributed by atoms with Crippen LogP contribution >= 0.6 is 0 Å². The fourth-order valence-electron chi connectivity index (χ4n) is 5.12. The molecule has 192 valence electrons. The van der Waals surface area contributed by atoms with Crippen LogP contribution in [0.15, 0.2) is 24.9 Å². The van der Waals surface area contributed by atoms with Gasteiger partial charge in [-0.05, 0) is 32.8 Å². The summed E-state index contributed by atoms with van der Waals surface area (Å²) >= 11 is 0. The summed E-state index contributed by atoms with van der Waals surface area (Å²) in [5.74, 6) is 2.10. The monoisotopic (exact) mass is 494 g/mol. The maximum atomic E-state index is 13.5. The first kappa shape index (κ1) is 25.3. The van der Waals surface area contributed by atoms with Gasteiger partial charge in [0.1, 0.15) is 17.3 Å². The van der Waals surface area contributed by atoms with E-state index >= 15 is 0 Å². The average Bonchev–Trinajstić information content (AvgIpc) is 2.88. The highest BCUT2D eigenvalue weighted by Crippen LogP contribution is 2.41. The van der Waals surface area contributed by atoms with E-state index in [9.17, 15) is 9.59 Å². The Morgan fingerprint density at radius 3 is 2.39 bits per heavy atom. The van der Waals surface area contributed by atoms with Crippen molar-refractivity contribution in [3.05, 3.63) is 41.6 Å². The first-order valence-electron chi connectivity index (χ1n) is 12.1. The van der Waals surface area contributed by atoms with Gasteiger partial charge >= 0.3 is 6.03 Å². The molecule has 0 radical (unpaired) electrons. The molecule has 10 nitrogen and oxygen atoms in total. The molecule has 2 aromatic rings. The van der Waals surface area contributed by atoms with Gasteiger partial charge in [0.2, 0.25) is 11.9 Å². The van der Waals surface area contributed by atoms with Crippen LogP contribution in [-0.2, 0) is 11.3 Å². The number of fused-ring (bicyclic) bond motifs is 1. The number of benzene rings is 1. The van der Waals surface area contributed by atoms with Crippen LogP contribution in [0.1, 0.15) is 42.4 Å². The summed E-state index contributed by atoms with van der Waals surface area (Å²) in [6.07, 6.45) is 6.91. The molecule has 36 heavy (non-hydrogen) atoms. The lowest BCUT2D eigenvalue weighted by molar-refractivity contribution is -0.117. The van der Waals surface area contributed by atoms with Crippen molar-refractivity contribution in [2.24, 2.45) is 0 Å². The molecular formula is C26H34N6O4. The summed E-state index contributed by atoms with van der Waals surface area (Å²) in [4.78, 5) is 37.9. The van der Waals surface area contributed by atoms with Gasteiger partial charge < -0.3 is 20.1 Å². The Balaban J connectivity index is 1.62. The van der Waals surface area contributed by atoms with E-state index in [2.05, 4.69) is 27.2 Å². The molecule has 1 unspecified atom stereocenters. The largest absolute Gasteiger partial charge is 0.496 e. The fraction of sp³-hybridized carbons (Fsp3) is 0.462. The molecule has 1 saturated carbocycles. The van der Waals surface area contributed by atoms with Crippen LogP contribution in [0, 0.1) is 13.8 Å². The highest BCUT2D eigenvalue weighted by molar-refractivity contribution is 6.06. The van der Waals surface area contributed by atoms with Gasteiger partial charge in [0.15, 0.2) is 0 Å². The first-order valence-corrected chi connectivity index (χ1v) is 12.1. The van der Waals surface area contributed by atoms with E-state index in [0.717, 1.165) is 48.1 Å². The van der Waals surface area contributed by atoms with Gasteiger partial charge in [0, 0.05) is 48.1 Å². The van der Waals surface area contributed by atoms with Crippen molar-refractivity contribution in [1.82, 2.24) is 15.3 Å². The van der Waals surface area contributed by atoms with E-state index < -0.39 is 0 Å². The van der Waals surface area contributed by atoms with Crippen LogP contribution in [0.4, 0.5) is 22.2 Å². The maximum absolute atomic E-state index is 13.5. The van der Waals surface area contributed by atoms with Crippen molar-refractivity contribution in [1.29, 1.82) is 0 Å². The molecule has 0 bridgehead atoms. The Hall–Kier alpha value is -3.82. The summed E-state index contributed by atoms with van der Waals surface area (Å²) in [6.45, 7) is 7.72. The number of urea groups is 1. The minimum atomic E-state index is -0.206. The van der Waals surface area contributed by atoms with E-state index in [4.69, 9.17) is 9.47 Å². The zero-order chi connectivity index (χ0) is 26.0. The Kier molecular flexibility index (Phi) is 7.32. The normalized spacial score (nSPS) is 19.4. The number of nitrogens with zero attached hydrogens (tertiary/aromatic N) is 4. The van der Waals surface area contributed by atoms with Crippen LogP contribution in [0.3, 0.4) is 0 Å². The van der Waals surface area contributed by atoms with E-state index in [0.29, 0.717) is 29.8 Å². The lowest BCUT2D eigenvalue weighted by Crippen LogP contribution is -2.49. The minimum absolute atomic E-state index is 0.00338. The summed E-state index contributed by atoms with van der Waals surface area (Å²) in [6, 6.07) is 1.59. The number of rotatable bonds is 7. The molecule has 2 N–H and O–H groups in total. The maximum Gasteiger partial charge on any atom is 0.330 e. The van der Waals surface area contributed by atoms with Crippen molar-refractivity contribution >= 4 is 29.4 Å². The molecule has 0 saturated heterocycles. The fourth-order valence-corrected chi connectivity index (χ4v) is 5.12. The zero-order valence-electron chi connectivity index (χ0n) is 21.6. The van der Waals surface area contributed by atoms with E-state index in [1.54, 1.807) is 32.4 Å². The summed E-state index contributed by atoms with van der Waals surface area (Å²) in [5.41, 5.74) is 3.28. The number of hydrogen-bond acceptors (Lipinski definition) is 7. The molecule has 3 amide bonds. The summed E-state index contributed by atoms with van der Waals surface area (Å²) in [5, 5.41) is 6.38. The number of aromatic nitrogens is 2. The van der Waals surface area contributed by atoms with E-state index in [1.807, 2.05) is 19.9 Å². The van der Waals surface area contributed by atoms with Crippen LogP contribution in [-0.4, -0.2) is 55.3 Å². The van der Waals surface area contributed by atoms with Crippen LogP contribution in [0.5, 0.6) is 11.5 Å². The highest BCUT2D eigenvalue weighted by Gasteiger charge is 2.34. The molecule has 0 spiro atoms. The standard InChI is InChI=1S/C26H34N6O4/c1-7-22(33)28-18-10-8-9-11-19(18)29-25-27-13-17-14-32(26(34)31(4)24(17)30-25)23-15(2)20(35-5)12-21(36-6)16(23)3/h7,12-13,18-19H,1,8-11,14H2,2-6H3,(H,28,33)(H,27,29,30)/t18?,19-/m1/s1. The van der Waals surface area contributed by atoms with Crippen LogP contribution in [0.2, 0.25) is 0 Å². The molecule has 2 atom stereocenters. The van der Waals surface area contributed by atoms with Gasteiger partial charge in [-0.1, -0.05) is 19.4 Å². The van der Waals surface area contributed by atoms with Crippen molar-refractivity contribution < 1.29 is 19.1 Å². The second-order valence-corrected chi connectivity index (χ2v) is 9.20. The highest BCUT2D eigenvalue weighted by atomic mass is 16.5. The second-order valence-electron chi connectivity index (χ2n) is 9.20. The van der Waals surface area contributed by atoms with Crippen LogP contribution in [0.25, 0.3) is 0 Å². The Labute approximate surface area is 211 Å². The summed E-state index contributed by atoms with van der Waals surface area (Å²) < 4.78 is 11.1. The van der Waals surface area contributed by atoms with Crippen molar-refractivity contribution in [2.45, 2.75) is 58.2 Å². The topological polar surface area (TPSA) is 109 Å². The summed E-state index contributed by atoms with van der Waals surface area (Å²) in [7, 11) is 4.91. The molecule has 1 aliphatic carbocycles. The quantitative estimate of drug-likeness (QED) is 0.565. The molecule has 1 aromatic heterocycles. The number of ether oxygens (including phenoxy) is 2. The van der Waals surface area contributed by atoms with Gasteiger partial charge in [-0.3, -0.25) is 14.6 Å². The predicted molar refractivity (Wildman–Crippen MR) is 139 cm³/mol. The first-order chi connectivity index (χ1) is 17.3. The van der Waals surface area contributed by atoms with Crippen molar-refractivity contribution in [3.63, 3.8) is 0 Å². The molecule has 1 aliphatic heterocycles. The number of anilines is 3. The smallest absolute Gasteiger partial charge is 0.330 e. The SMILES string of the molecule is C=CC(=O)NC1CCCC[C@H]1Nc1ncc2c(n1)N(C)C(=O)N(c1c(C)c(OC)cc(OC)c1C)C2. The van der Waals surface area contributed by atoms with Crippen molar-refractivity contribution in [3.8, 4) is 11.5 Å². The van der Waals surface area contributed by atoms with Gasteiger partial charge in [0.25, 0.3) is 0 Å². The second kappa shape index (κ2) is 10.4.